The maximum absolute atomic E-state index is 10.2. The molecule has 0 unspecified atom stereocenters. The molecule has 0 aromatic rings. The lowest BCUT2D eigenvalue weighted by molar-refractivity contribution is -0.0803. The van der Waals surface area contributed by atoms with E-state index in [-0.39, 0.29) is 12.5 Å². The molecule has 98 valence electrons. The average molecular weight is 238 g/mol. The van der Waals surface area contributed by atoms with E-state index in [0.717, 1.165) is 12.8 Å². The Balaban J connectivity index is 2.17. The fraction of sp³-hybridized carbons (Fsp3) is 0.867. The minimum absolute atomic E-state index is 0.121. The van der Waals surface area contributed by atoms with Crippen molar-refractivity contribution < 1.29 is 10.2 Å². The molecule has 1 saturated carbocycles. The summed E-state index contributed by atoms with van der Waals surface area (Å²) in [6, 6.07) is 0. The Kier molecular flexibility index (Phi) is 3.39. The van der Waals surface area contributed by atoms with Gasteiger partial charge in [-0.15, -0.1) is 0 Å². The van der Waals surface area contributed by atoms with Crippen molar-refractivity contribution in [2.24, 2.45) is 17.3 Å². The van der Waals surface area contributed by atoms with E-state index in [4.69, 9.17) is 0 Å². The number of hydrogen-bond donors (Lipinski definition) is 2. The van der Waals surface area contributed by atoms with Crippen molar-refractivity contribution in [2.75, 3.05) is 6.61 Å². The van der Waals surface area contributed by atoms with Crippen LogP contribution in [0.3, 0.4) is 0 Å². The highest BCUT2D eigenvalue weighted by Gasteiger charge is 2.45. The van der Waals surface area contributed by atoms with Gasteiger partial charge in [0.15, 0.2) is 0 Å². The zero-order chi connectivity index (χ0) is 12.7. The zero-order valence-corrected chi connectivity index (χ0v) is 11.4. The summed E-state index contributed by atoms with van der Waals surface area (Å²) in [5.74, 6) is 0.847. The quantitative estimate of drug-likeness (QED) is 0.726. The molecule has 2 rings (SSSR count). The van der Waals surface area contributed by atoms with Gasteiger partial charge in [0.05, 0.1) is 12.2 Å². The van der Waals surface area contributed by atoms with E-state index >= 15 is 0 Å². The molecular formula is C15H26O2. The summed E-state index contributed by atoms with van der Waals surface area (Å²) in [5.41, 5.74) is 1.03. The lowest BCUT2D eigenvalue weighted by atomic mass is 9.56. The first kappa shape index (κ1) is 13.1. The van der Waals surface area contributed by atoms with Crippen molar-refractivity contribution in [3.63, 3.8) is 0 Å². The van der Waals surface area contributed by atoms with Gasteiger partial charge in [0.2, 0.25) is 0 Å². The van der Waals surface area contributed by atoms with Crippen LogP contribution in [0.5, 0.6) is 0 Å². The summed E-state index contributed by atoms with van der Waals surface area (Å²) in [7, 11) is 0. The molecule has 2 aliphatic carbocycles. The molecule has 0 spiro atoms. The van der Waals surface area contributed by atoms with Gasteiger partial charge in [0, 0.05) is 0 Å². The highest BCUT2D eigenvalue weighted by atomic mass is 16.3. The lowest BCUT2D eigenvalue weighted by Gasteiger charge is -2.50. The van der Waals surface area contributed by atoms with Crippen LogP contribution in [0, 0.1) is 17.3 Å². The molecule has 2 heteroatoms. The Bertz CT molecular complexity index is 319. The molecule has 2 aliphatic rings. The summed E-state index contributed by atoms with van der Waals surface area (Å²) in [4.78, 5) is 0. The normalized spacial score (nSPS) is 41.4. The van der Waals surface area contributed by atoms with E-state index in [9.17, 15) is 10.2 Å². The van der Waals surface area contributed by atoms with Crippen LogP contribution < -0.4 is 0 Å². The Morgan fingerprint density at radius 3 is 2.82 bits per heavy atom. The van der Waals surface area contributed by atoms with Gasteiger partial charge in [-0.1, -0.05) is 18.6 Å². The largest absolute Gasteiger partial charge is 0.393 e. The van der Waals surface area contributed by atoms with E-state index in [1.807, 2.05) is 0 Å². The van der Waals surface area contributed by atoms with Crippen LogP contribution >= 0.6 is 0 Å². The van der Waals surface area contributed by atoms with Crippen LogP contribution in [-0.4, -0.2) is 22.4 Å². The van der Waals surface area contributed by atoms with Crippen molar-refractivity contribution in [2.45, 2.75) is 58.5 Å². The van der Waals surface area contributed by atoms with Crippen molar-refractivity contribution in [3.05, 3.63) is 11.6 Å². The van der Waals surface area contributed by atoms with Crippen LogP contribution in [-0.2, 0) is 0 Å². The van der Waals surface area contributed by atoms with Crippen LogP contribution in [0.4, 0.5) is 0 Å². The van der Waals surface area contributed by atoms with E-state index in [1.165, 1.54) is 24.8 Å². The number of fused-ring (bicyclic) bond motifs is 1. The van der Waals surface area contributed by atoms with Gasteiger partial charge >= 0.3 is 0 Å². The summed E-state index contributed by atoms with van der Waals surface area (Å²) in [5, 5.41) is 19.5. The van der Waals surface area contributed by atoms with Crippen molar-refractivity contribution in [1.29, 1.82) is 0 Å². The Hall–Kier alpha value is -0.340. The predicted molar refractivity (Wildman–Crippen MR) is 69.6 cm³/mol. The van der Waals surface area contributed by atoms with Crippen molar-refractivity contribution in [1.82, 2.24) is 0 Å². The molecule has 0 amide bonds. The molecule has 17 heavy (non-hydrogen) atoms. The first-order chi connectivity index (χ1) is 7.89. The first-order valence-electron chi connectivity index (χ1n) is 6.89. The van der Waals surface area contributed by atoms with Gasteiger partial charge in [-0.2, -0.15) is 0 Å². The van der Waals surface area contributed by atoms with Gasteiger partial charge in [0.1, 0.15) is 0 Å². The number of aliphatic hydroxyl groups excluding tert-OH is 1. The SMILES string of the molecule is CC1=CCC[C@]2(C)CC[C@@H]([C@](C)(O)CO)C[C@@H]12. The number of rotatable bonds is 2. The molecule has 2 N–H and O–H groups in total. The average Bonchev–Trinajstić information content (AvgIpc) is 2.28. The number of allylic oxidation sites excluding steroid dienone is 2. The highest BCUT2D eigenvalue weighted by Crippen LogP contribution is 2.53. The molecule has 0 radical (unpaired) electrons. The molecule has 0 aliphatic heterocycles. The summed E-state index contributed by atoms with van der Waals surface area (Å²) in [6.07, 6.45) is 8.12. The summed E-state index contributed by atoms with van der Waals surface area (Å²) < 4.78 is 0. The third-order valence-electron chi connectivity index (χ3n) is 5.36. The molecule has 0 heterocycles. The van der Waals surface area contributed by atoms with Crippen LogP contribution in [0.2, 0.25) is 0 Å². The van der Waals surface area contributed by atoms with Gasteiger partial charge < -0.3 is 10.2 Å². The van der Waals surface area contributed by atoms with E-state index in [0.29, 0.717) is 11.3 Å². The van der Waals surface area contributed by atoms with Crippen LogP contribution in [0.15, 0.2) is 11.6 Å². The van der Waals surface area contributed by atoms with Gasteiger partial charge in [0.25, 0.3) is 0 Å². The monoisotopic (exact) mass is 238 g/mol. The smallest absolute Gasteiger partial charge is 0.0877 e. The minimum atomic E-state index is -0.904. The number of hydrogen-bond acceptors (Lipinski definition) is 2. The Morgan fingerprint density at radius 2 is 2.18 bits per heavy atom. The maximum Gasteiger partial charge on any atom is 0.0877 e. The molecule has 0 aromatic carbocycles. The van der Waals surface area contributed by atoms with Crippen LogP contribution in [0.1, 0.15) is 52.9 Å². The molecule has 4 atom stereocenters. The molecule has 1 fully saturated rings. The molecule has 0 saturated heterocycles. The predicted octanol–water partition coefficient (Wildman–Crippen LogP) is 2.89. The second-order valence-corrected chi connectivity index (χ2v) is 6.68. The summed E-state index contributed by atoms with van der Waals surface area (Å²) in [6.45, 7) is 6.29. The highest BCUT2D eigenvalue weighted by molar-refractivity contribution is 5.15. The van der Waals surface area contributed by atoms with Crippen molar-refractivity contribution >= 4 is 0 Å². The lowest BCUT2D eigenvalue weighted by Crippen LogP contribution is -2.46. The maximum atomic E-state index is 10.2. The van der Waals surface area contributed by atoms with Gasteiger partial charge in [-0.3, -0.25) is 0 Å². The topological polar surface area (TPSA) is 40.5 Å². The third kappa shape index (κ3) is 2.30. The number of aliphatic hydroxyl groups is 2. The molecule has 0 bridgehead atoms. The summed E-state index contributed by atoms with van der Waals surface area (Å²) >= 11 is 0. The second-order valence-electron chi connectivity index (χ2n) is 6.68. The minimum Gasteiger partial charge on any atom is -0.393 e. The van der Waals surface area contributed by atoms with Gasteiger partial charge in [-0.25, -0.2) is 0 Å². The zero-order valence-electron chi connectivity index (χ0n) is 11.4. The van der Waals surface area contributed by atoms with E-state index in [1.54, 1.807) is 6.92 Å². The molecular weight excluding hydrogens is 212 g/mol. The standard InChI is InChI=1S/C15H26O2/c1-11-5-4-7-14(2)8-6-12(9-13(11)14)15(3,17)10-16/h5,12-13,16-17H,4,6-10H2,1-3H3/t12-,13+,14-,15-/m1/s1. The fourth-order valence-electron chi connectivity index (χ4n) is 3.87. The van der Waals surface area contributed by atoms with E-state index < -0.39 is 5.60 Å². The fourth-order valence-corrected chi connectivity index (χ4v) is 3.87. The Labute approximate surface area is 105 Å². The van der Waals surface area contributed by atoms with Crippen LogP contribution in [0.25, 0.3) is 0 Å². The van der Waals surface area contributed by atoms with Gasteiger partial charge in [-0.05, 0) is 63.2 Å². The van der Waals surface area contributed by atoms with E-state index in [2.05, 4.69) is 19.9 Å². The third-order valence-corrected chi connectivity index (χ3v) is 5.36. The Morgan fingerprint density at radius 1 is 1.47 bits per heavy atom. The van der Waals surface area contributed by atoms with Crippen molar-refractivity contribution in [3.8, 4) is 0 Å². The second kappa shape index (κ2) is 4.40. The molecule has 2 nitrogen and oxygen atoms in total. The first-order valence-corrected chi connectivity index (χ1v) is 6.89. The molecule has 0 aromatic heterocycles.